The molecule has 0 radical (unpaired) electrons. The topological polar surface area (TPSA) is 44.8 Å². The SMILES string of the molecule is CCc1cc(C2CC2)c(OCc2c(CC)cccc2OC(=O)OC)cc1C. The summed E-state index contributed by atoms with van der Waals surface area (Å²) in [6, 6.07) is 10.2. The van der Waals surface area contributed by atoms with Crippen molar-refractivity contribution in [1.82, 2.24) is 0 Å². The number of rotatable bonds is 7. The molecule has 0 amide bonds. The molecule has 0 aromatic heterocycles. The van der Waals surface area contributed by atoms with E-state index in [4.69, 9.17) is 9.47 Å². The van der Waals surface area contributed by atoms with Crippen LogP contribution in [0.15, 0.2) is 30.3 Å². The number of methoxy groups -OCH3 is 1. The van der Waals surface area contributed by atoms with Gasteiger partial charge in [0.05, 0.1) is 7.11 Å². The molecule has 1 saturated carbocycles. The fourth-order valence-corrected chi connectivity index (χ4v) is 3.45. The molecular weight excluding hydrogens is 340 g/mol. The monoisotopic (exact) mass is 368 g/mol. The number of carbonyl (C=O) groups is 1. The van der Waals surface area contributed by atoms with E-state index >= 15 is 0 Å². The van der Waals surface area contributed by atoms with Crippen molar-refractivity contribution in [2.45, 2.75) is 59.0 Å². The van der Waals surface area contributed by atoms with Crippen LogP contribution >= 0.6 is 0 Å². The summed E-state index contributed by atoms with van der Waals surface area (Å²) in [5.41, 5.74) is 5.94. The zero-order chi connectivity index (χ0) is 19.4. The lowest BCUT2D eigenvalue weighted by Gasteiger charge is -2.18. The van der Waals surface area contributed by atoms with E-state index in [1.807, 2.05) is 12.1 Å². The van der Waals surface area contributed by atoms with Crippen molar-refractivity contribution in [2.24, 2.45) is 0 Å². The quantitative estimate of drug-likeness (QED) is 0.463. The standard InChI is InChI=1S/C23H28O4/c1-5-16-8-7-9-21(27-23(24)25-4)20(16)14-26-22-12-15(3)17(6-2)13-19(22)18-10-11-18/h7-9,12-13,18H,5-6,10-11,14H2,1-4H3. The van der Waals surface area contributed by atoms with Crippen molar-refractivity contribution in [3.63, 3.8) is 0 Å². The maximum absolute atomic E-state index is 11.6. The molecule has 3 rings (SSSR count). The summed E-state index contributed by atoms with van der Waals surface area (Å²) in [6.45, 7) is 6.76. The van der Waals surface area contributed by atoms with Gasteiger partial charge in [0.2, 0.25) is 0 Å². The molecular formula is C23H28O4. The van der Waals surface area contributed by atoms with Gasteiger partial charge in [-0.05, 0) is 72.9 Å². The predicted octanol–water partition coefficient (Wildman–Crippen LogP) is 5.72. The second-order valence-electron chi connectivity index (χ2n) is 7.04. The van der Waals surface area contributed by atoms with Crippen molar-refractivity contribution >= 4 is 6.16 Å². The van der Waals surface area contributed by atoms with Gasteiger partial charge in [-0.2, -0.15) is 0 Å². The Morgan fingerprint density at radius 1 is 1.07 bits per heavy atom. The van der Waals surface area contributed by atoms with E-state index in [9.17, 15) is 4.79 Å². The molecule has 0 aliphatic heterocycles. The Labute approximate surface area is 161 Å². The van der Waals surface area contributed by atoms with E-state index < -0.39 is 6.16 Å². The van der Waals surface area contributed by atoms with Crippen LogP contribution in [0.25, 0.3) is 0 Å². The first-order chi connectivity index (χ1) is 13.1. The Kier molecular flexibility index (Phi) is 6.04. The minimum atomic E-state index is -0.716. The summed E-state index contributed by atoms with van der Waals surface area (Å²) in [5, 5.41) is 0. The molecule has 4 nitrogen and oxygen atoms in total. The van der Waals surface area contributed by atoms with E-state index in [1.165, 1.54) is 36.6 Å². The van der Waals surface area contributed by atoms with E-state index in [0.29, 0.717) is 18.3 Å². The summed E-state index contributed by atoms with van der Waals surface area (Å²) in [5.74, 6) is 2.05. The zero-order valence-corrected chi connectivity index (χ0v) is 16.6. The average molecular weight is 368 g/mol. The highest BCUT2D eigenvalue weighted by molar-refractivity contribution is 5.64. The van der Waals surface area contributed by atoms with Crippen molar-refractivity contribution < 1.29 is 19.0 Å². The van der Waals surface area contributed by atoms with E-state index in [0.717, 1.165) is 29.7 Å². The summed E-state index contributed by atoms with van der Waals surface area (Å²) in [6.07, 6.45) is 3.60. The lowest BCUT2D eigenvalue weighted by atomic mass is 9.99. The molecule has 1 fully saturated rings. The minimum Gasteiger partial charge on any atom is -0.488 e. The Morgan fingerprint density at radius 2 is 1.81 bits per heavy atom. The highest BCUT2D eigenvalue weighted by Crippen LogP contribution is 2.45. The third-order valence-electron chi connectivity index (χ3n) is 5.21. The number of benzene rings is 2. The Morgan fingerprint density at radius 3 is 2.44 bits per heavy atom. The number of carbonyl (C=O) groups excluding carboxylic acids is 1. The maximum atomic E-state index is 11.6. The van der Waals surface area contributed by atoms with Crippen molar-refractivity contribution in [2.75, 3.05) is 7.11 Å². The van der Waals surface area contributed by atoms with Gasteiger partial charge in [0.15, 0.2) is 0 Å². The molecule has 0 saturated heterocycles. The molecule has 2 aromatic rings. The van der Waals surface area contributed by atoms with Gasteiger partial charge >= 0.3 is 6.16 Å². The Hall–Kier alpha value is -2.49. The predicted molar refractivity (Wildman–Crippen MR) is 106 cm³/mol. The van der Waals surface area contributed by atoms with Crippen LogP contribution in [-0.4, -0.2) is 13.3 Å². The lowest BCUT2D eigenvalue weighted by Crippen LogP contribution is -2.11. The van der Waals surface area contributed by atoms with Gasteiger partial charge in [-0.3, -0.25) is 0 Å². The van der Waals surface area contributed by atoms with Crippen molar-refractivity contribution in [3.05, 3.63) is 58.1 Å². The fraction of sp³-hybridized carbons (Fsp3) is 0.435. The van der Waals surface area contributed by atoms with Gasteiger partial charge < -0.3 is 14.2 Å². The maximum Gasteiger partial charge on any atom is 0.513 e. The van der Waals surface area contributed by atoms with Gasteiger partial charge in [0.25, 0.3) is 0 Å². The first-order valence-corrected chi connectivity index (χ1v) is 9.70. The number of hydrogen-bond donors (Lipinski definition) is 0. The normalized spacial score (nSPS) is 13.3. The summed E-state index contributed by atoms with van der Waals surface area (Å²) < 4.78 is 16.2. The van der Waals surface area contributed by atoms with Crippen LogP contribution in [0.2, 0.25) is 0 Å². The second-order valence-corrected chi connectivity index (χ2v) is 7.04. The molecule has 1 aliphatic rings. The van der Waals surface area contributed by atoms with Crippen molar-refractivity contribution in [3.8, 4) is 11.5 Å². The highest BCUT2D eigenvalue weighted by Gasteiger charge is 2.28. The molecule has 0 N–H and O–H groups in total. The van der Waals surface area contributed by atoms with Crippen LogP contribution in [0, 0.1) is 6.92 Å². The Bertz CT molecular complexity index is 821. The number of aryl methyl sites for hydroxylation is 3. The highest BCUT2D eigenvalue weighted by atomic mass is 16.7. The first-order valence-electron chi connectivity index (χ1n) is 9.70. The number of hydrogen-bond acceptors (Lipinski definition) is 4. The largest absolute Gasteiger partial charge is 0.513 e. The van der Waals surface area contributed by atoms with Gasteiger partial charge in [-0.15, -0.1) is 0 Å². The van der Waals surface area contributed by atoms with Crippen molar-refractivity contribution in [1.29, 1.82) is 0 Å². The summed E-state index contributed by atoms with van der Waals surface area (Å²) in [4.78, 5) is 11.6. The van der Waals surface area contributed by atoms with E-state index in [-0.39, 0.29) is 0 Å². The molecule has 0 atom stereocenters. The second kappa shape index (κ2) is 8.47. The third-order valence-corrected chi connectivity index (χ3v) is 5.21. The van der Waals surface area contributed by atoms with Gasteiger partial charge in [-0.1, -0.05) is 32.0 Å². The molecule has 144 valence electrons. The fourth-order valence-electron chi connectivity index (χ4n) is 3.45. The van der Waals surface area contributed by atoms with Crippen LogP contribution in [0.3, 0.4) is 0 Å². The third kappa shape index (κ3) is 4.44. The first kappa shape index (κ1) is 19.3. The average Bonchev–Trinajstić information content (AvgIpc) is 3.51. The van der Waals surface area contributed by atoms with E-state index in [2.05, 4.69) is 37.6 Å². The van der Waals surface area contributed by atoms with Gasteiger partial charge in [0, 0.05) is 5.56 Å². The van der Waals surface area contributed by atoms with Crippen LogP contribution in [-0.2, 0) is 24.2 Å². The van der Waals surface area contributed by atoms with Gasteiger partial charge in [-0.25, -0.2) is 4.79 Å². The molecule has 2 aromatic carbocycles. The minimum absolute atomic E-state index is 0.362. The van der Waals surface area contributed by atoms with Crippen LogP contribution < -0.4 is 9.47 Å². The number of ether oxygens (including phenoxy) is 3. The Balaban J connectivity index is 1.88. The van der Waals surface area contributed by atoms with Crippen LogP contribution in [0.4, 0.5) is 4.79 Å². The summed E-state index contributed by atoms with van der Waals surface area (Å²) in [7, 11) is 1.31. The molecule has 0 heterocycles. The molecule has 0 unspecified atom stereocenters. The smallest absolute Gasteiger partial charge is 0.488 e. The van der Waals surface area contributed by atoms with Crippen LogP contribution in [0.5, 0.6) is 11.5 Å². The van der Waals surface area contributed by atoms with Crippen LogP contribution in [0.1, 0.15) is 60.4 Å². The molecule has 0 bridgehead atoms. The molecule has 1 aliphatic carbocycles. The van der Waals surface area contributed by atoms with E-state index in [1.54, 1.807) is 6.07 Å². The van der Waals surface area contributed by atoms with Gasteiger partial charge in [0.1, 0.15) is 18.1 Å². The lowest BCUT2D eigenvalue weighted by molar-refractivity contribution is 0.120. The zero-order valence-electron chi connectivity index (χ0n) is 16.6. The summed E-state index contributed by atoms with van der Waals surface area (Å²) >= 11 is 0. The molecule has 27 heavy (non-hydrogen) atoms. The molecule has 0 spiro atoms. The molecule has 4 heteroatoms.